The maximum Gasteiger partial charge on any atom is 0.217 e. The smallest absolute Gasteiger partial charge is 0.217 e. The molecular formula is C20H24FN3O2. The Bertz CT molecular complexity index is 781. The predicted molar refractivity (Wildman–Crippen MR) is 97.1 cm³/mol. The zero-order chi connectivity index (χ0) is 18.5. The SMILES string of the molecule is COc1cccc(F)c1CN1CCC[C@@H]1c1cccc(CNC(C)=O)n1. The molecule has 1 aliphatic rings. The summed E-state index contributed by atoms with van der Waals surface area (Å²) < 4.78 is 19.6. The summed E-state index contributed by atoms with van der Waals surface area (Å²) >= 11 is 0. The molecule has 3 rings (SSSR count). The van der Waals surface area contributed by atoms with E-state index in [1.165, 1.54) is 13.0 Å². The lowest BCUT2D eigenvalue weighted by molar-refractivity contribution is -0.119. The first-order chi connectivity index (χ1) is 12.6. The molecule has 1 amide bonds. The largest absolute Gasteiger partial charge is 0.496 e. The summed E-state index contributed by atoms with van der Waals surface area (Å²) in [5.41, 5.74) is 2.37. The van der Waals surface area contributed by atoms with Gasteiger partial charge in [-0.1, -0.05) is 12.1 Å². The van der Waals surface area contributed by atoms with Crippen molar-refractivity contribution in [3.8, 4) is 5.75 Å². The van der Waals surface area contributed by atoms with Crippen molar-refractivity contribution in [1.29, 1.82) is 0 Å². The molecule has 0 radical (unpaired) electrons. The van der Waals surface area contributed by atoms with Gasteiger partial charge in [0.1, 0.15) is 11.6 Å². The average molecular weight is 357 g/mol. The number of hydrogen-bond acceptors (Lipinski definition) is 4. The number of aromatic nitrogens is 1. The second-order valence-corrected chi connectivity index (χ2v) is 6.51. The number of halogens is 1. The van der Waals surface area contributed by atoms with Crippen LogP contribution in [0.15, 0.2) is 36.4 Å². The summed E-state index contributed by atoms with van der Waals surface area (Å²) in [6.07, 6.45) is 2.02. The summed E-state index contributed by atoms with van der Waals surface area (Å²) in [4.78, 5) is 18.1. The number of nitrogens with zero attached hydrogens (tertiary/aromatic N) is 2. The molecule has 0 unspecified atom stereocenters. The van der Waals surface area contributed by atoms with Crippen LogP contribution in [0.25, 0.3) is 0 Å². The van der Waals surface area contributed by atoms with Crippen LogP contribution in [0.1, 0.15) is 42.8 Å². The van der Waals surface area contributed by atoms with Crippen LogP contribution in [0.5, 0.6) is 5.75 Å². The number of carbonyl (C=O) groups excluding carboxylic acids is 1. The van der Waals surface area contributed by atoms with Crippen molar-refractivity contribution in [1.82, 2.24) is 15.2 Å². The molecule has 2 heterocycles. The Hall–Kier alpha value is -2.47. The Kier molecular flexibility index (Phi) is 5.83. The standard InChI is InChI=1S/C20H24FN3O2/c1-14(25)22-12-15-6-3-8-18(23-15)19-9-5-11-24(19)13-16-17(21)7-4-10-20(16)26-2/h3-4,6-8,10,19H,5,9,11-13H2,1-2H3,(H,22,25)/t19-/m1/s1. The molecule has 0 aliphatic carbocycles. The van der Waals surface area contributed by atoms with E-state index < -0.39 is 0 Å². The third-order valence-electron chi connectivity index (χ3n) is 4.71. The number of ether oxygens (including phenoxy) is 1. The molecule has 1 N–H and O–H groups in total. The van der Waals surface area contributed by atoms with Crippen LogP contribution >= 0.6 is 0 Å². The quantitative estimate of drug-likeness (QED) is 0.863. The topological polar surface area (TPSA) is 54.5 Å². The minimum Gasteiger partial charge on any atom is -0.496 e. The second kappa shape index (κ2) is 8.27. The Balaban J connectivity index is 1.79. The molecule has 0 spiro atoms. The van der Waals surface area contributed by atoms with Crippen molar-refractivity contribution < 1.29 is 13.9 Å². The first-order valence-corrected chi connectivity index (χ1v) is 8.84. The predicted octanol–water partition coefficient (Wildman–Crippen LogP) is 3.20. The Morgan fingerprint density at radius 2 is 2.15 bits per heavy atom. The van der Waals surface area contributed by atoms with Crippen LogP contribution in [0.3, 0.4) is 0 Å². The summed E-state index contributed by atoms with van der Waals surface area (Å²) in [6, 6.07) is 10.9. The molecule has 0 bridgehead atoms. The van der Waals surface area contributed by atoms with E-state index in [0.717, 1.165) is 30.8 Å². The molecule has 138 valence electrons. The van der Waals surface area contributed by atoms with Crippen LogP contribution in [0.4, 0.5) is 4.39 Å². The summed E-state index contributed by atoms with van der Waals surface area (Å²) in [5, 5.41) is 2.77. The maximum absolute atomic E-state index is 14.3. The van der Waals surface area contributed by atoms with Gasteiger partial charge in [0.15, 0.2) is 0 Å². The fraction of sp³-hybridized carbons (Fsp3) is 0.400. The zero-order valence-corrected chi connectivity index (χ0v) is 15.2. The van der Waals surface area contributed by atoms with Gasteiger partial charge in [0.2, 0.25) is 5.91 Å². The number of methoxy groups -OCH3 is 1. The van der Waals surface area contributed by atoms with Crippen LogP contribution in [-0.2, 0) is 17.9 Å². The number of hydrogen-bond donors (Lipinski definition) is 1. The fourth-order valence-corrected chi connectivity index (χ4v) is 3.43. The second-order valence-electron chi connectivity index (χ2n) is 6.51. The maximum atomic E-state index is 14.3. The van der Waals surface area contributed by atoms with Gasteiger partial charge in [-0.05, 0) is 43.7 Å². The van der Waals surface area contributed by atoms with Crippen LogP contribution in [0, 0.1) is 5.82 Å². The average Bonchev–Trinajstić information content (AvgIpc) is 3.10. The van der Waals surface area contributed by atoms with E-state index in [9.17, 15) is 9.18 Å². The number of carbonyl (C=O) groups is 1. The highest BCUT2D eigenvalue weighted by Crippen LogP contribution is 2.34. The van der Waals surface area contributed by atoms with E-state index in [0.29, 0.717) is 24.4 Å². The van der Waals surface area contributed by atoms with Crippen LogP contribution in [0.2, 0.25) is 0 Å². The Morgan fingerprint density at radius 3 is 2.92 bits per heavy atom. The van der Waals surface area contributed by atoms with Crippen molar-refractivity contribution in [2.75, 3.05) is 13.7 Å². The van der Waals surface area contributed by atoms with E-state index in [-0.39, 0.29) is 17.8 Å². The lowest BCUT2D eigenvalue weighted by Gasteiger charge is -2.25. The lowest BCUT2D eigenvalue weighted by atomic mass is 10.1. The number of pyridine rings is 1. The summed E-state index contributed by atoms with van der Waals surface area (Å²) in [5.74, 6) is 0.247. The van der Waals surface area contributed by atoms with Gasteiger partial charge in [-0.3, -0.25) is 14.7 Å². The molecule has 0 saturated carbocycles. The van der Waals surface area contributed by atoms with Gasteiger partial charge >= 0.3 is 0 Å². The third kappa shape index (κ3) is 4.19. The normalized spacial score (nSPS) is 17.3. The Morgan fingerprint density at radius 1 is 1.35 bits per heavy atom. The van der Waals surface area contributed by atoms with Crippen molar-refractivity contribution in [3.63, 3.8) is 0 Å². The fourth-order valence-electron chi connectivity index (χ4n) is 3.43. The Labute approximate surface area is 153 Å². The zero-order valence-electron chi connectivity index (χ0n) is 15.2. The number of benzene rings is 1. The molecule has 1 atom stereocenters. The molecule has 1 saturated heterocycles. The lowest BCUT2D eigenvalue weighted by Crippen LogP contribution is -2.25. The van der Waals surface area contributed by atoms with E-state index in [1.807, 2.05) is 18.2 Å². The van der Waals surface area contributed by atoms with E-state index in [2.05, 4.69) is 10.2 Å². The minimum absolute atomic E-state index is 0.0775. The van der Waals surface area contributed by atoms with E-state index in [4.69, 9.17) is 9.72 Å². The molecule has 1 fully saturated rings. The highest BCUT2D eigenvalue weighted by molar-refractivity contribution is 5.72. The van der Waals surface area contributed by atoms with Crippen LogP contribution < -0.4 is 10.1 Å². The molecule has 1 aliphatic heterocycles. The van der Waals surface area contributed by atoms with E-state index >= 15 is 0 Å². The molecule has 2 aromatic rings. The monoisotopic (exact) mass is 357 g/mol. The summed E-state index contributed by atoms with van der Waals surface area (Å²) in [6.45, 7) is 3.28. The molecule has 26 heavy (non-hydrogen) atoms. The molecule has 1 aromatic heterocycles. The highest BCUT2D eigenvalue weighted by atomic mass is 19.1. The highest BCUT2D eigenvalue weighted by Gasteiger charge is 2.28. The van der Waals surface area contributed by atoms with Gasteiger partial charge in [0.05, 0.1) is 31.1 Å². The third-order valence-corrected chi connectivity index (χ3v) is 4.71. The van der Waals surface area contributed by atoms with Crippen molar-refractivity contribution in [3.05, 3.63) is 59.2 Å². The van der Waals surface area contributed by atoms with Gasteiger partial charge in [0.25, 0.3) is 0 Å². The molecule has 6 heteroatoms. The first kappa shape index (κ1) is 18.3. The molecular weight excluding hydrogens is 333 g/mol. The van der Waals surface area contributed by atoms with Crippen molar-refractivity contribution in [2.45, 2.75) is 38.9 Å². The minimum atomic E-state index is -0.248. The van der Waals surface area contributed by atoms with Gasteiger partial charge in [0, 0.05) is 19.0 Å². The van der Waals surface area contributed by atoms with Gasteiger partial charge in [-0.2, -0.15) is 0 Å². The first-order valence-electron chi connectivity index (χ1n) is 8.84. The van der Waals surface area contributed by atoms with Crippen molar-refractivity contribution >= 4 is 5.91 Å². The van der Waals surface area contributed by atoms with Crippen molar-refractivity contribution in [2.24, 2.45) is 0 Å². The number of amides is 1. The van der Waals surface area contributed by atoms with Gasteiger partial charge < -0.3 is 10.1 Å². The molecule has 5 nitrogen and oxygen atoms in total. The van der Waals surface area contributed by atoms with Gasteiger partial charge in [-0.25, -0.2) is 4.39 Å². The number of nitrogens with one attached hydrogen (secondary N) is 1. The number of rotatable bonds is 6. The summed E-state index contributed by atoms with van der Waals surface area (Å²) in [7, 11) is 1.56. The van der Waals surface area contributed by atoms with Crippen LogP contribution in [-0.4, -0.2) is 29.4 Å². The molecule has 1 aromatic carbocycles. The van der Waals surface area contributed by atoms with E-state index in [1.54, 1.807) is 19.2 Å². The van der Waals surface area contributed by atoms with Gasteiger partial charge in [-0.15, -0.1) is 0 Å². The number of likely N-dealkylation sites (tertiary alicyclic amines) is 1.